The Morgan fingerprint density at radius 3 is 2.71 bits per heavy atom. The van der Waals surface area contributed by atoms with Crippen LogP contribution in [0.25, 0.3) is 6.08 Å². The van der Waals surface area contributed by atoms with Crippen LogP contribution in [0, 0.1) is 0 Å². The van der Waals surface area contributed by atoms with Gasteiger partial charge in [-0.15, -0.1) is 0 Å². The van der Waals surface area contributed by atoms with Gasteiger partial charge in [0, 0.05) is 12.1 Å². The molecule has 114 valence electrons. The van der Waals surface area contributed by atoms with Crippen LogP contribution < -0.4 is 14.2 Å². The smallest absolute Gasteiger partial charge is 0.328 e. The fourth-order valence-electron chi connectivity index (χ4n) is 1.67. The molecule has 7 nitrogen and oxygen atoms in total. The number of carboxylic acid groups (broad SMARTS) is 1. The summed E-state index contributed by atoms with van der Waals surface area (Å²) in [6, 6.07) is 4.69. The number of nitrogens with one attached hydrogen (secondary N) is 2. The van der Waals surface area contributed by atoms with E-state index in [2.05, 4.69) is 9.44 Å². The number of ether oxygens (including phenoxy) is 1. The van der Waals surface area contributed by atoms with E-state index in [1.807, 2.05) is 0 Å². The third-order valence-electron chi connectivity index (χ3n) is 2.79. The van der Waals surface area contributed by atoms with E-state index in [1.54, 1.807) is 12.1 Å². The van der Waals surface area contributed by atoms with Crippen molar-refractivity contribution in [2.45, 2.75) is 18.9 Å². The minimum atomic E-state index is -3.67. The van der Waals surface area contributed by atoms with Gasteiger partial charge < -0.3 is 9.84 Å². The largest absolute Gasteiger partial charge is 0.495 e. The summed E-state index contributed by atoms with van der Waals surface area (Å²) < 4.78 is 33.8. The average Bonchev–Trinajstić information content (AvgIpc) is 3.19. The Morgan fingerprint density at radius 2 is 2.14 bits per heavy atom. The van der Waals surface area contributed by atoms with E-state index in [9.17, 15) is 13.2 Å². The van der Waals surface area contributed by atoms with Crippen molar-refractivity contribution in [1.82, 2.24) is 4.72 Å². The van der Waals surface area contributed by atoms with Gasteiger partial charge in [0.1, 0.15) is 5.75 Å². The lowest BCUT2D eigenvalue weighted by molar-refractivity contribution is -0.131. The van der Waals surface area contributed by atoms with Gasteiger partial charge in [0.25, 0.3) is 10.2 Å². The zero-order chi connectivity index (χ0) is 15.5. The van der Waals surface area contributed by atoms with Gasteiger partial charge in [0.2, 0.25) is 0 Å². The highest BCUT2D eigenvalue weighted by Crippen LogP contribution is 2.27. The quantitative estimate of drug-likeness (QED) is 0.656. The number of aliphatic carboxylic acids is 1. The summed E-state index contributed by atoms with van der Waals surface area (Å²) >= 11 is 0. The van der Waals surface area contributed by atoms with Crippen molar-refractivity contribution in [3.63, 3.8) is 0 Å². The molecule has 0 heterocycles. The number of hydrogen-bond donors (Lipinski definition) is 3. The topological polar surface area (TPSA) is 105 Å². The molecule has 1 aliphatic rings. The predicted molar refractivity (Wildman–Crippen MR) is 78.4 cm³/mol. The highest BCUT2D eigenvalue weighted by Gasteiger charge is 2.27. The van der Waals surface area contributed by atoms with Gasteiger partial charge in [-0.05, 0) is 36.6 Å². The Morgan fingerprint density at radius 1 is 1.43 bits per heavy atom. The fraction of sp³-hybridized carbons (Fsp3) is 0.308. The van der Waals surface area contributed by atoms with E-state index in [1.165, 1.54) is 19.3 Å². The van der Waals surface area contributed by atoms with Crippen LogP contribution in [0.15, 0.2) is 24.3 Å². The average molecular weight is 312 g/mol. The maximum absolute atomic E-state index is 11.9. The van der Waals surface area contributed by atoms with Crippen molar-refractivity contribution >= 4 is 27.9 Å². The van der Waals surface area contributed by atoms with E-state index in [-0.39, 0.29) is 11.7 Å². The highest BCUT2D eigenvalue weighted by molar-refractivity contribution is 7.90. The Labute approximate surface area is 122 Å². The zero-order valence-corrected chi connectivity index (χ0v) is 12.2. The summed E-state index contributed by atoms with van der Waals surface area (Å²) in [4.78, 5) is 10.5. The molecule has 2 rings (SSSR count). The molecule has 1 saturated carbocycles. The summed E-state index contributed by atoms with van der Waals surface area (Å²) in [6.07, 6.45) is 4.01. The van der Waals surface area contributed by atoms with Gasteiger partial charge in [-0.1, -0.05) is 6.07 Å². The van der Waals surface area contributed by atoms with Crippen molar-refractivity contribution in [2.75, 3.05) is 11.8 Å². The van der Waals surface area contributed by atoms with Gasteiger partial charge in [-0.2, -0.15) is 13.1 Å². The van der Waals surface area contributed by atoms with Crippen molar-refractivity contribution in [1.29, 1.82) is 0 Å². The fourth-order valence-corrected chi connectivity index (χ4v) is 2.85. The molecule has 0 saturated heterocycles. The Bertz CT molecular complexity index is 665. The third kappa shape index (κ3) is 4.76. The van der Waals surface area contributed by atoms with Crippen LogP contribution in [0.5, 0.6) is 5.75 Å². The maximum Gasteiger partial charge on any atom is 0.328 e. The van der Waals surface area contributed by atoms with Crippen LogP contribution >= 0.6 is 0 Å². The van der Waals surface area contributed by atoms with Crippen LogP contribution in [0.1, 0.15) is 18.4 Å². The molecule has 1 aliphatic carbocycles. The van der Waals surface area contributed by atoms with Gasteiger partial charge in [0.15, 0.2) is 0 Å². The SMILES string of the molecule is COc1ccc(/C=C/C(=O)O)cc1NS(=O)(=O)NC1CC1. The second kappa shape index (κ2) is 6.15. The first-order chi connectivity index (χ1) is 9.89. The van der Waals surface area contributed by atoms with Crippen LogP contribution in [-0.4, -0.2) is 32.6 Å². The summed E-state index contributed by atoms with van der Waals surface area (Å²) in [6.45, 7) is 0. The summed E-state index contributed by atoms with van der Waals surface area (Å²) in [5.41, 5.74) is 0.792. The van der Waals surface area contributed by atoms with E-state index >= 15 is 0 Å². The first-order valence-electron chi connectivity index (χ1n) is 6.29. The highest BCUT2D eigenvalue weighted by atomic mass is 32.2. The summed E-state index contributed by atoms with van der Waals surface area (Å²) in [5, 5.41) is 8.60. The van der Waals surface area contributed by atoms with Crippen molar-refractivity contribution in [3.05, 3.63) is 29.8 Å². The number of benzene rings is 1. The molecule has 21 heavy (non-hydrogen) atoms. The van der Waals surface area contributed by atoms with Gasteiger partial charge >= 0.3 is 5.97 Å². The number of anilines is 1. The molecule has 0 unspecified atom stereocenters. The number of methoxy groups -OCH3 is 1. The number of carbonyl (C=O) groups is 1. The molecular formula is C13H16N2O5S. The van der Waals surface area contributed by atoms with E-state index in [4.69, 9.17) is 9.84 Å². The van der Waals surface area contributed by atoms with Crippen LogP contribution in [0.3, 0.4) is 0 Å². The molecule has 0 amide bonds. The lowest BCUT2D eigenvalue weighted by Crippen LogP contribution is -2.31. The van der Waals surface area contributed by atoms with Crippen molar-refractivity contribution < 1.29 is 23.1 Å². The zero-order valence-electron chi connectivity index (χ0n) is 11.4. The molecule has 0 aromatic heterocycles. The number of carboxylic acids is 1. The Kier molecular flexibility index (Phi) is 4.49. The number of hydrogen-bond acceptors (Lipinski definition) is 4. The van der Waals surface area contributed by atoms with E-state index < -0.39 is 16.2 Å². The monoisotopic (exact) mass is 312 g/mol. The van der Waals surface area contributed by atoms with Crippen LogP contribution in [0.2, 0.25) is 0 Å². The molecule has 0 spiro atoms. The Balaban J connectivity index is 2.22. The first kappa shape index (κ1) is 15.3. The van der Waals surface area contributed by atoms with Crippen molar-refractivity contribution in [2.24, 2.45) is 0 Å². The minimum absolute atomic E-state index is 0.0106. The molecule has 1 fully saturated rings. The second-order valence-electron chi connectivity index (χ2n) is 4.63. The molecule has 8 heteroatoms. The van der Waals surface area contributed by atoms with Crippen LogP contribution in [0.4, 0.5) is 5.69 Å². The lowest BCUT2D eigenvalue weighted by atomic mass is 10.2. The molecule has 0 atom stereocenters. The lowest BCUT2D eigenvalue weighted by Gasteiger charge is -2.12. The van der Waals surface area contributed by atoms with Gasteiger partial charge in [0.05, 0.1) is 12.8 Å². The van der Waals surface area contributed by atoms with Gasteiger partial charge in [-0.25, -0.2) is 4.79 Å². The normalized spacial score (nSPS) is 15.1. The van der Waals surface area contributed by atoms with E-state index in [0.29, 0.717) is 11.3 Å². The molecule has 0 radical (unpaired) electrons. The first-order valence-corrected chi connectivity index (χ1v) is 7.77. The molecule has 1 aromatic rings. The molecule has 0 aliphatic heterocycles. The van der Waals surface area contributed by atoms with Gasteiger partial charge in [-0.3, -0.25) is 4.72 Å². The predicted octanol–water partition coefficient (Wildman–Crippen LogP) is 1.20. The standard InChI is InChI=1S/C13H16N2O5S/c1-20-12-6-2-9(3-7-13(16)17)8-11(12)15-21(18,19)14-10-4-5-10/h2-3,6-8,10,14-15H,4-5H2,1H3,(H,16,17)/b7-3+. The van der Waals surface area contributed by atoms with Crippen LogP contribution in [-0.2, 0) is 15.0 Å². The number of rotatable bonds is 7. The van der Waals surface area contributed by atoms with Crippen molar-refractivity contribution in [3.8, 4) is 5.75 Å². The third-order valence-corrected chi connectivity index (χ3v) is 3.92. The molecule has 3 N–H and O–H groups in total. The molecule has 1 aromatic carbocycles. The Hall–Kier alpha value is -2.06. The summed E-state index contributed by atoms with van der Waals surface area (Å²) in [5.74, 6) is -0.730. The minimum Gasteiger partial charge on any atom is -0.495 e. The maximum atomic E-state index is 11.9. The second-order valence-corrected chi connectivity index (χ2v) is 6.08. The summed E-state index contributed by atoms with van der Waals surface area (Å²) in [7, 11) is -2.25. The molecule has 0 bridgehead atoms. The van der Waals surface area contributed by atoms with E-state index in [0.717, 1.165) is 18.9 Å². The molecular weight excluding hydrogens is 296 g/mol.